The minimum atomic E-state index is 0. The molecule has 0 unspecified atom stereocenters. The molecule has 1 atom stereocenters. The average molecular weight is 339 g/mol. The lowest BCUT2D eigenvalue weighted by Crippen LogP contribution is -2.11. The zero-order chi connectivity index (χ0) is 15.8. The van der Waals surface area contributed by atoms with Crippen LogP contribution in [0.15, 0.2) is 54.6 Å². The molecule has 0 spiro atoms. The van der Waals surface area contributed by atoms with Gasteiger partial charge in [-0.2, -0.15) is 0 Å². The summed E-state index contributed by atoms with van der Waals surface area (Å²) >= 11 is 0. The third-order valence-corrected chi connectivity index (χ3v) is 4.93. The Hall–Kier alpha value is -1.87. The highest BCUT2D eigenvalue weighted by molar-refractivity contribution is 6.23. The van der Waals surface area contributed by atoms with Crippen molar-refractivity contribution in [2.45, 2.75) is 25.3 Å². The van der Waals surface area contributed by atoms with Crippen LogP contribution in [0.1, 0.15) is 30.9 Å². The summed E-state index contributed by atoms with van der Waals surface area (Å²) in [6.45, 7) is 0.741. The number of unbranched alkanes of at least 4 members (excludes halogenated alkanes) is 1. The van der Waals surface area contributed by atoms with Crippen LogP contribution in [0.25, 0.3) is 32.3 Å². The summed E-state index contributed by atoms with van der Waals surface area (Å²) in [5.74, 6) is 0. The zero-order valence-corrected chi connectivity index (χ0v) is 14.5. The van der Waals surface area contributed by atoms with E-state index in [4.69, 9.17) is 11.5 Å². The monoisotopic (exact) mass is 338 g/mol. The Morgan fingerprint density at radius 3 is 2.08 bits per heavy atom. The molecule has 4 rings (SSSR count). The van der Waals surface area contributed by atoms with Gasteiger partial charge in [0.05, 0.1) is 0 Å². The van der Waals surface area contributed by atoms with Gasteiger partial charge in [-0.3, -0.25) is 0 Å². The minimum Gasteiger partial charge on any atom is -0.330 e. The summed E-state index contributed by atoms with van der Waals surface area (Å²) in [7, 11) is 0. The van der Waals surface area contributed by atoms with Gasteiger partial charge in [0, 0.05) is 6.04 Å². The molecule has 4 N–H and O–H groups in total. The molecule has 0 saturated carbocycles. The van der Waals surface area contributed by atoms with Gasteiger partial charge in [0.25, 0.3) is 0 Å². The predicted octanol–water partition coefficient (Wildman–Crippen LogP) is 5.13. The van der Waals surface area contributed by atoms with Crippen LogP contribution < -0.4 is 11.5 Å². The first-order valence-electron chi connectivity index (χ1n) is 8.41. The Morgan fingerprint density at radius 1 is 0.750 bits per heavy atom. The molecule has 0 aliphatic rings. The zero-order valence-electron chi connectivity index (χ0n) is 13.7. The van der Waals surface area contributed by atoms with E-state index in [0.29, 0.717) is 0 Å². The molecule has 0 fully saturated rings. The van der Waals surface area contributed by atoms with Crippen molar-refractivity contribution in [2.24, 2.45) is 11.5 Å². The second-order valence-electron chi connectivity index (χ2n) is 6.40. The molecular formula is C21H23ClN2. The fourth-order valence-electron chi connectivity index (χ4n) is 3.75. The molecule has 0 aliphatic heterocycles. The normalized spacial score (nSPS) is 12.8. The van der Waals surface area contributed by atoms with E-state index >= 15 is 0 Å². The van der Waals surface area contributed by atoms with Crippen LogP contribution in [0.5, 0.6) is 0 Å². The highest BCUT2D eigenvalue weighted by Crippen LogP contribution is 2.37. The Bertz CT molecular complexity index is 948. The summed E-state index contributed by atoms with van der Waals surface area (Å²) < 4.78 is 0. The molecule has 4 aromatic rings. The van der Waals surface area contributed by atoms with E-state index in [1.165, 1.54) is 37.9 Å². The highest BCUT2D eigenvalue weighted by atomic mass is 35.5. The molecule has 4 aromatic carbocycles. The topological polar surface area (TPSA) is 52.0 Å². The summed E-state index contributed by atoms with van der Waals surface area (Å²) in [4.78, 5) is 0. The van der Waals surface area contributed by atoms with Crippen molar-refractivity contribution < 1.29 is 0 Å². The summed E-state index contributed by atoms with van der Waals surface area (Å²) in [6.07, 6.45) is 3.11. The third-order valence-electron chi connectivity index (χ3n) is 4.93. The van der Waals surface area contributed by atoms with Crippen molar-refractivity contribution in [1.82, 2.24) is 0 Å². The third kappa shape index (κ3) is 2.71. The van der Waals surface area contributed by atoms with Crippen molar-refractivity contribution in [1.29, 1.82) is 0 Å². The quantitative estimate of drug-likeness (QED) is 0.391. The van der Waals surface area contributed by atoms with Crippen LogP contribution in [-0.4, -0.2) is 6.54 Å². The molecule has 0 aliphatic carbocycles. The van der Waals surface area contributed by atoms with Crippen LogP contribution in [-0.2, 0) is 0 Å². The Balaban J connectivity index is 0.00000169. The number of rotatable bonds is 5. The molecule has 124 valence electrons. The standard InChI is InChI=1S/C21H22N2.ClH/c22-13-2-1-6-19(23)17-11-9-16-8-7-14-4-3-5-15-10-12-18(17)21(16)20(14)15;/h3-5,7-12,19H,1-2,6,13,22-23H2;1H/t19-;/m1./s1. The number of nitrogens with two attached hydrogens (primary N) is 2. The maximum Gasteiger partial charge on any atom is 0.0301 e. The molecule has 0 saturated heterocycles. The van der Waals surface area contributed by atoms with Gasteiger partial charge in [-0.05, 0) is 57.3 Å². The molecule has 0 radical (unpaired) electrons. The van der Waals surface area contributed by atoms with E-state index < -0.39 is 0 Å². The maximum atomic E-state index is 6.49. The molecule has 2 nitrogen and oxygen atoms in total. The Morgan fingerprint density at radius 2 is 1.38 bits per heavy atom. The predicted molar refractivity (Wildman–Crippen MR) is 107 cm³/mol. The molecule has 0 bridgehead atoms. The summed E-state index contributed by atoms with van der Waals surface area (Å²) in [6, 6.07) is 19.9. The second-order valence-corrected chi connectivity index (χ2v) is 6.40. The number of halogens is 1. The Kier molecular flexibility index (Phi) is 4.91. The van der Waals surface area contributed by atoms with Crippen molar-refractivity contribution in [2.75, 3.05) is 6.54 Å². The number of benzene rings is 4. The lowest BCUT2D eigenvalue weighted by molar-refractivity contribution is 0.594. The molecular weight excluding hydrogens is 316 g/mol. The second kappa shape index (κ2) is 6.94. The van der Waals surface area contributed by atoms with Gasteiger partial charge in [-0.25, -0.2) is 0 Å². The molecule has 24 heavy (non-hydrogen) atoms. The first-order valence-corrected chi connectivity index (χ1v) is 8.41. The minimum absolute atomic E-state index is 0. The van der Waals surface area contributed by atoms with Gasteiger partial charge >= 0.3 is 0 Å². The van der Waals surface area contributed by atoms with Crippen molar-refractivity contribution >= 4 is 44.7 Å². The van der Waals surface area contributed by atoms with E-state index in [9.17, 15) is 0 Å². The molecule has 0 amide bonds. The van der Waals surface area contributed by atoms with Gasteiger partial charge in [0.1, 0.15) is 0 Å². The molecule has 0 heterocycles. The van der Waals surface area contributed by atoms with Crippen LogP contribution in [0, 0.1) is 0 Å². The number of hydrogen-bond donors (Lipinski definition) is 2. The lowest BCUT2D eigenvalue weighted by atomic mass is 9.89. The maximum absolute atomic E-state index is 6.49. The van der Waals surface area contributed by atoms with E-state index in [1.54, 1.807) is 0 Å². The van der Waals surface area contributed by atoms with E-state index in [-0.39, 0.29) is 18.4 Å². The van der Waals surface area contributed by atoms with Crippen molar-refractivity contribution in [3.05, 3.63) is 60.2 Å². The lowest BCUT2D eigenvalue weighted by Gasteiger charge is -2.18. The highest BCUT2D eigenvalue weighted by Gasteiger charge is 2.14. The van der Waals surface area contributed by atoms with Gasteiger partial charge in [0.15, 0.2) is 0 Å². The Labute approximate surface area is 148 Å². The fourth-order valence-corrected chi connectivity index (χ4v) is 3.75. The largest absolute Gasteiger partial charge is 0.330 e. The number of hydrogen-bond acceptors (Lipinski definition) is 2. The summed E-state index contributed by atoms with van der Waals surface area (Å²) in [5, 5.41) is 7.91. The van der Waals surface area contributed by atoms with E-state index in [0.717, 1.165) is 25.8 Å². The molecule has 3 heteroatoms. The van der Waals surface area contributed by atoms with Gasteiger partial charge in [-0.1, -0.05) is 61.0 Å². The SMILES string of the molecule is Cl.NCCCC[C@@H](N)c1ccc2ccc3cccc4ccc1c2c34. The first-order chi connectivity index (χ1) is 11.3. The first kappa shape index (κ1) is 17.0. The summed E-state index contributed by atoms with van der Waals surface area (Å²) in [5.41, 5.74) is 13.4. The van der Waals surface area contributed by atoms with Gasteiger partial charge in [0.2, 0.25) is 0 Å². The van der Waals surface area contributed by atoms with E-state index in [2.05, 4.69) is 54.6 Å². The van der Waals surface area contributed by atoms with Gasteiger partial charge in [-0.15, -0.1) is 12.4 Å². The van der Waals surface area contributed by atoms with Crippen LogP contribution >= 0.6 is 12.4 Å². The van der Waals surface area contributed by atoms with Gasteiger partial charge < -0.3 is 11.5 Å². The van der Waals surface area contributed by atoms with Crippen LogP contribution in [0.2, 0.25) is 0 Å². The van der Waals surface area contributed by atoms with Crippen LogP contribution in [0.3, 0.4) is 0 Å². The van der Waals surface area contributed by atoms with Crippen LogP contribution in [0.4, 0.5) is 0 Å². The smallest absolute Gasteiger partial charge is 0.0301 e. The molecule has 0 aromatic heterocycles. The van der Waals surface area contributed by atoms with Crippen molar-refractivity contribution in [3.63, 3.8) is 0 Å². The average Bonchev–Trinajstić information content (AvgIpc) is 2.59. The van der Waals surface area contributed by atoms with E-state index in [1.807, 2.05) is 0 Å². The fraction of sp³-hybridized carbons (Fsp3) is 0.238. The van der Waals surface area contributed by atoms with Crippen molar-refractivity contribution in [3.8, 4) is 0 Å².